The average Bonchev–Trinajstić information content (AvgIpc) is 3.43. The molecule has 0 aliphatic rings. The topological polar surface area (TPSA) is 77.0 Å². The third-order valence-corrected chi connectivity index (χ3v) is 5.43. The quantitative estimate of drug-likeness (QED) is 0.436. The maximum absolute atomic E-state index is 13.3. The summed E-state index contributed by atoms with van der Waals surface area (Å²) in [4.78, 5) is 21.0. The van der Waals surface area contributed by atoms with Crippen LogP contribution in [0.3, 0.4) is 0 Å². The fourth-order valence-electron chi connectivity index (χ4n) is 3.54. The second kappa shape index (κ2) is 8.67. The van der Waals surface area contributed by atoms with Gasteiger partial charge in [-0.15, -0.1) is 0 Å². The highest BCUT2D eigenvalue weighted by Crippen LogP contribution is 2.23. The van der Waals surface area contributed by atoms with Crippen LogP contribution >= 0.6 is 11.6 Å². The van der Waals surface area contributed by atoms with Gasteiger partial charge in [-0.3, -0.25) is 4.79 Å². The van der Waals surface area contributed by atoms with Crippen LogP contribution in [0.1, 0.15) is 36.0 Å². The lowest BCUT2D eigenvalue weighted by Gasteiger charge is -2.28. The van der Waals surface area contributed by atoms with E-state index in [2.05, 4.69) is 22.1 Å². The Morgan fingerprint density at radius 1 is 1.20 bits per heavy atom. The summed E-state index contributed by atoms with van der Waals surface area (Å²) in [6.07, 6.45) is 5.33. The van der Waals surface area contributed by atoms with E-state index in [4.69, 9.17) is 16.0 Å². The molecular formula is C22H22ClN5O2. The van der Waals surface area contributed by atoms with Crippen molar-refractivity contribution in [1.82, 2.24) is 24.9 Å². The number of fused-ring (bicyclic) bond motifs is 1. The molecule has 4 rings (SSSR count). The first-order valence-electron chi connectivity index (χ1n) is 9.84. The monoisotopic (exact) mass is 423 g/mol. The van der Waals surface area contributed by atoms with Crippen LogP contribution in [0, 0.1) is 0 Å². The van der Waals surface area contributed by atoms with E-state index in [1.165, 1.54) is 4.80 Å². The van der Waals surface area contributed by atoms with E-state index < -0.39 is 0 Å². The predicted octanol–water partition coefficient (Wildman–Crippen LogP) is 4.55. The van der Waals surface area contributed by atoms with E-state index in [1.807, 2.05) is 31.3 Å². The molecule has 0 saturated carbocycles. The van der Waals surface area contributed by atoms with Gasteiger partial charge in [0.25, 0.3) is 5.91 Å². The molecule has 0 bridgehead atoms. The number of nitrogens with zero attached hydrogens (tertiary/aromatic N) is 5. The van der Waals surface area contributed by atoms with Gasteiger partial charge in [0, 0.05) is 24.5 Å². The van der Waals surface area contributed by atoms with Gasteiger partial charge in [-0.2, -0.15) is 15.0 Å². The van der Waals surface area contributed by atoms with Gasteiger partial charge >= 0.3 is 0 Å². The number of aromatic nitrogens is 4. The van der Waals surface area contributed by atoms with Crippen molar-refractivity contribution in [2.24, 2.45) is 0 Å². The van der Waals surface area contributed by atoms with Crippen LogP contribution in [0.5, 0.6) is 0 Å². The number of amides is 1. The molecule has 7 nitrogen and oxygen atoms in total. The summed E-state index contributed by atoms with van der Waals surface area (Å²) >= 11 is 6.18. The first kappa shape index (κ1) is 20.1. The number of hydrogen-bond donors (Lipinski definition) is 0. The maximum Gasteiger partial charge on any atom is 0.256 e. The Labute approximate surface area is 179 Å². The van der Waals surface area contributed by atoms with Crippen molar-refractivity contribution in [1.29, 1.82) is 0 Å². The molecular weight excluding hydrogens is 402 g/mol. The Balaban J connectivity index is 1.52. The SMILES string of the molecule is CC[C@@H](CCc1nc2ccccc2o1)N(C)C(=O)c1cc(Cl)ccc1-n1nccn1. The molecule has 0 saturated heterocycles. The Kier molecular flexibility index (Phi) is 5.81. The first-order valence-corrected chi connectivity index (χ1v) is 10.2. The van der Waals surface area contributed by atoms with Crippen LogP contribution in [0.25, 0.3) is 16.8 Å². The summed E-state index contributed by atoms with van der Waals surface area (Å²) in [6.45, 7) is 2.06. The second-order valence-corrected chi connectivity index (χ2v) is 7.51. The van der Waals surface area contributed by atoms with Gasteiger partial charge in [-0.05, 0) is 43.2 Å². The highest BCUT2D eigenvalue weighted by atomic mass is 35.5. The lowest BCUT2D eigenvalue weighted by atomic mass is 10.1. The third kappa shape index (κ3) is 4.07. The fraction of sp³-hybridized carbons (Fsp3) is 0.273. The molecule has 1 amide bonds. The molecule has 0 aliphatic heterocycles. The van der Waals surface area contributed by atoms with E-state index >= 15 is 0 Å². The van der Waals surface area contributed by atoms with Crippen molar-refractivity contribution >= 4 is 28.6 Å². The molecule has 2 aromatic heterocycles. The second-order valence-electron chi connectivity index (χ2n) is 7.07. The molecule has 0 unspecified atom stereocenters. The smallest absolute Gasteiger partial charge is 0.256 e. The van der Waals surface area contributed by atoms with E-state index in [-0.39, 0.29) is 11.9 Å². The third-order valence-electron chi connectivity index (χ3n) is 5.19. The van der Waals surface area contributed by atoms with E-state index in [9.17, 15) is 4.79 Å². The summed E-state index contributed by atoms with van der Waals surface area (Å²) in [5.74, 6) is 0.550. The largest absolute Gasteiger partial charge is 0.441 e. The Morgan fingerprint density at radius 3 is 2.70 bits per heavy atom. The van der Waals surface area contributed by atoms with Crippen molar-refractivity contribution < 1.29 is 9.21 Å². The summed E-state index contributed by atoms with van der Waals surface area (Å²) < 4.78 is 5.82. The Morgan fingerprint density at radius 2 is 1.97 bits per heavy atom. The van der Waals surface area contributed by atoms with Crippen molar-refractivity contribution in [2.45, 2.75) is 32.2 Å². The number of aryl methyl sites for hydroxylation is 1. The first-order chi connectivity index (χ1) is 14.6. The van der Waals surface area contributed by atoms with E-state index in [0.717, 1.165) is 23.9 Å². The highest BCUT2D eigenvalue weighted by Gasteiger charge is 2.24. The molecule has 0 spiro atoms. The van der Waals surface area contributed by atoms with Crippen molar-refractivity contribution in [3.63, 3.8) is 0 Å². The van der Waals surface area contributed by atoms with Gasteiger partial charge in [-0.25, -0.2) is 4.98 Å². The van der Waals surface area contributed by atoms with Crippen LogP contribution in [-0.2, 0) is 6.42 Å². The lowest BCUT2D eigenvalue weighted by Crippen LogP contribution is -2.37. The number of carbonyl (C=O) groups is 1. The molecule has 8 heteroatoms. The normalized spacial score (nSPS) is 12.2. The Hall–Kier alpha value is -3.19. The number of rotatable bonds is 7. The number of benzene rings is 2. The standard InChI is InChI=1S/C22H22ClN5O2/c1-3-16(9-11-21-26-18-6-4-5-7-20(18)30-21)27(2)22(29)17-14-15(23)8-10-19(17)28-24-12-13-25-28/h4-8,10,12-14,16H,3,9,11H2,1-2H3/t16-/m0/s1. The predicted molar refractivity (Wildman–Crippen MR) is 115 cm³/mol. The minimum absolute atomic E-state index is 0.0184. The van der Waals surface area contributed by atoms with Crippen molar-refractivity contribution in [3.8, 4) is 5.69 Å². The maximum atomic E-state index is 13.3. The number of carbonyl (C=O) groups excluding carboxylic acids is 1. The molecule has 0 N–H and O–H groups in total. The zero-order valence-electron chi connectivity index (χ0n) is 16.8. The number of hydrogen-bond acceptors (Lipinski definition) is 5. The molecule has 0 aliphatic carbocycles. The zero-order valence-corrected chi connectivity index (χ0v) is 17.6. The number of oxazole rings is 1. The summed E-state index contributed by atoms with van der Waals surface area (Å²) in [6, 6.07) is 12.9. The van der Waals surface area contributed by atoms with Gasteiger partial charge in [0.15, 0.2) is 11.5 Å². The molecule has 30 heavy (non-hydrogen) atoms. The van der Waals surface area contributed by atoms with Crippen LogP contribution in [0.2, 0.25) is 5.02 Å². The van der Waals surface area contributed by atoms with Gasteiger partial charge in [-0.1, -0.05) is 30.7 Å². The molecule has 2 heterocycles. The number of para-hydroxylation sites is 2. The van der Waals surface area contributed by atoms with Crippen LogP contribution in [-0.4, -0.2) is 43.9 Å². The summed E-state index contributed by atoms with van der Waals surface area (Å²) in [7, 11) is 1.81. The van der Waals surface area contributed by atoms with Crippen molar-refractivity contribution in [3.05, 3.63) is 71.3 Å². The number of halogens is 1. The molecule has 0 radical (unpaired) electrons. The van der Waals surface area contributed by atoms with Gasteiger partial charge < -0.3 is 9.32 Å². The molecule has 154 valence electrons. The Bertz CT molecular complexity index is 1120. The van der Waals surface area contributed by atoms with Gasteiger partial charge in [0.1, 0.15) is 5.52 Å². The van der Waals surface area contributed by atoms with Gasteiger partial charge in [0.05, 0.1) is 23.6 Å². The zero-order chi connectivity index (χ0) is 21.1. The van der Waals surface area contributed by atoms with Crippen molar-refractivity contribution in [2.75, 3.05) is 7.05 Å². The molecule has 4 aromatic rings. The fourth-order valence-corrected chi connectivity index (χ4v) is 3.71. The molecule has 0 fully saturated rings. The summed E-state index contributed by atoms with van der Waals surface area (Å²) in [5.41, 5.74) is 2.68. The lowest BCUT2D eigenvalue weighted by molar-refractivity contribution is 0.0718. The average molecular weight is 424 g/mol. The van der Waals surface area contributed by atoms with Crippen LogP contribution in [0.4, 0.5) is 0 Å². The van der Waals surface area contributed by atoms with E-state index in [1.54, 1.807) is 35.5 Å². The highest BCUT2D eigenvalue weighted by molar-refractivity contribution is 6.31. The molecule has 1 atom stereocenters. The minimum Gasteiger partial charge on any atom is -0.441 e. The summed E-state index contributed by atoms with van der Waals surface area (Å²) in [5, 5.41) is 8.79. The minimum atomic E-state index is -0.130. The van der Waals surface area contributed by atoms with Crippen LogP contribution < -0.4 is 0 Å². The van der Waals surface area contributed by atoms with E-state index in [0.29, 0.717) is 28.6 Å². The van der Waals surface area contributed by atoms with Gasteiger partial charge in [0.2, 0.25) is 0 Å². The molecule has 2 aromatic carbocycles. The van der Waals surface area contributed by atoms with Crippen LogP contribution in [0.15, 0.2) is 59.3 Å².